The lowest BCUT2D eigenvalue weighted by Gasteiger charge is -2.20. The summed E-state index contributed by atoms with van der Waals surface area (Å²) >= 11 is 0. The second-order valence-corrected chi connectivity index (χ2v) is 5.80. The van der Waals surface area contributed by atoms with E-state index in [9.17, 15) is 9.59 Å². The quantitative estimate of drug-likeness (QED) is 0.753. The zero-order valence-corrected chi connectivity index (χ0v) is 12.3. The van der Waals surface area contributed by atoms with E-state index in [2.05, 4.69) is 10.6 Å². The van der Waals surface area contributed by atoms with Crippen molar-refractivity contribution in [2.24, 2.45) is 5.73 Å². The van der Waals surface area contributed by atoms with Crippen molar-refractivity contribution in [3.63, 3.8) is 0 Å². The third kappa shape index (κ3) is 6.33. The lowest BCUT2D eigenvalue weighted by atomic mass is 10.0. The molecule has 20 heavy (non-hydrogen) atoms. The summed E-state index contributed by atoms with van der Waals surface area (Å²) in [4.78, 5) is 23.3. The van der Waals surface area contributed by atoms with Gasteiger partial charge >= 0.3 is 0 Å². The second-order valence-electron chi connectivity index (χ2n) is 5.80. The fourth-order valence-electron chi connectivity index (χ4n) is 1.73. The maximum Gasteiger partial charge on any atom is 0.239 e. The van der Waals surface area contributed by atoms with Crippen LogP contribution in [0.3, 0.4) is 0 Å². The van der Waals surface area contributed by atoms with E-state index in [0.29, 0.717) is 0 Å². The van der Waals surface area contributed by atoms with E-state index >= 15 is 0 Å². The first-order chi connectivity index (χ1) is 9.28. The molecule has 4 N–H and O–H groups in total. The highest BCUT2D eigenvalue weighted by molar-refractivity contribution is 5.85. The molecule has 0 aliphatic carbocycles. The molecule has 1 rings (SSSR count). The van der Waals surface area contributed by atoms with E-state index in [1.54, 1.807) is 0 Å². The number of rotatable bonds is 5. The summed E-state index contributed by atoms with van der Waals surface area (Å²) in [6.45, 7) is 5.63. The highest BCUT2D eigenvalue weighted by Crippen LogP contribution is 2.12. The summed E-state index contributed by atoms with van der Waals surface area (Å²) in [5.41, 5.74) is 6.54. The van der Waals surface area contributed by atoms with Gasteiger partial charge in [0, 0.05) is 18.0 Å². The van der Waals surface area contributed by atoms with Crippen LogP contribution < -0.4 is 16.4 Å². The first-order valence-corrected chi connectivity index (χ1v) is 6.66. The molecule has 1 unspecified atom stereocenters. The Morgan fingerprint density at radius 2 is 1.75 bits per heavy atom. The SMILES string of the molecule is CC(C)(C)NC(=O)CNC(=O)CC(N)c1ccccc1. The molecular weight excluding hydrogens is 254 g/mol. The van der Waals surface area contributed by atoms with Crippen molar-refractivity contribution >= 4 is 11.8 Å². The van der Waals surface area contributed by atoms with Gasteiger partial charge in [-0.2, -0.15) is 0 Å². The fraction of sp³-hybridized carbons (Fsp3) is 0.467. The van der Waals surface area contributed by atoms with Gasteiger partial charge < -0.3 is 16.4 Å². The van der Waals surface area contributed by atoms with Gasteiger partial charge in [-0.25, -0.2) is 0 Å². The van der Waals surface area contributed by atoms with Gasteiger partial charge in [0.1, 0.15) is 0 Å². The minimum atomic E-state index is -0.359. The average molecular weight is 277 g/mol. The van der Waals surface area contributed by atoms with Crippen molar-refractivity contribution in [1.82, 2.24) is 10.6 Å². The largest absolute Gasteiger partial charge is 0.350 e. The van der Waals surface area contributed by atoms with Crippen LogP contribution in [0.5, 0.6) is 0 Å². The fourth-order valence-corrected chi connectivity index (χ4v) is 1.73. The minimum Gasteiger partial charge on any atom is -0.350 e. The Balaban J connectivity index is 2.36. The van der Waals surface area contributed by atoms with E-state index in [0.717, 1.165) is 5.56 Å². The zero-order chi connectivity index (χ0) is 15.2. The monoisotopic (exact) mass is 277 g/mol. The number of hydrogen-bond acceptors (Lipinski definition) is 3. The maximum atomic E-state index is 11.7. The Morgan fingerprint density at radius 1 is 1.15 bits per heavy atom. The summed E-state index contributed by atoms with van der Waals surface area (Å²) in [5.74, 6) is -0.440. The first-order valence-electron chi connectivity index (χ1n) is 6.66. The minimum absolute atomic E-state index is 0.0301. The van der Waals surface area contributed by atoms with Crippen LogP contribution in [0, 0.1) is 0 Å². The van der Waals surface area contributed by atoms with E-state index in [1.165, 1.54) is 0 Å². The Morgan fingerprint density at radius 3 is 2.30 bits per heavy atom. The maximum absolute atomic E-state index is 11.7. The Hall–Kier alpha value is -1.88. The highest BCUT2D eigenvalue weighted by Gasteiger charge is 2.15. The molecule has 110 valence electrons. The third-order valence-electron chi connectivity index (χ3n) is 2.59. The predicted octanol–water partition coefficient (Wildman–Crippen LogP) is 1.11. The van der Waals surface area contributed by atoms with E-state index < -0.39 is 0 Å². The Labute approximate surface area is 119 Å². The van der Waals surface area contributed by atoms with Gasteiger partial charge in [0.05, 0.1) is 6.54 Å². The normalized spacial score (nSPS) is 12.6. The van der Waals surface area contributed by atoms with E-state index in [1.807, 2.05) is 51.1 Å². The van der Waals surface area contributed by atoms with Crippen LogP contribution in [0.2, 0.25) is 0 Å². The lowest BCUT2D eigenvalue weighted by Crippen LogP contribution is -2.46. The topological polar surface area (TPSA) is 84.2 Å². The molecule has 1 aromatic rings. The van der Waals surface area contributed by atoms with Gasteiger partial charge in [-0.3, -0.25) is 9.59 Å². The van der Waals surface area contributed by atoms with Crippen LogP contribution in [0.25, 0.3) is 0 Å². The van der Waals surface area contributed by atoms with Crippen LogP contribution in [0.15, 0.2) is 30.3 Å². The molecule has 0 radical (unpaired) electrons. The molecule has 1 aromatic carbocycles. The van der Waals surface area contributed by atoms with Gasteiger partial charge in [0.25, 0.3) is 0 Å². The molecule has 0 saturated carbocycles. The molecule has 0 spiro atoms. The van der Waals surface area contributed by atoms with Crippen molar-refractivity contribution in [2.45, 2.75) is 38.8 Å². The smallest absolute Gasteiger partial charge is 0.239 e. The van der Waals surface area contributed by atoms with Crippen molar-refractivity contribution in [3.8, 4) is 0 Å². The second kappa shape index (κ2) is 7.05. The molecule has 5 nitrogen and oxygen atoms in total. The number of nitrogens with one attached hydrogen (secondary N) is 2. The average Bonchev–Trinajstić information content (AvgIpc) is 2.35. The Kier molecular flexibility index (Phi) is 5.70. The van der Waals surface area contributed by atoms with Crippen molar-refractivity contribution in [2.75, 3.05) is 6.54 Å². The molecule has 0 heterocycles. The molecule has 5 heteroatoms. The van der Waals surface area contributed by atoms with Gasteiger partial charge in [0.15, 0.2) is 0 Å². The number of benzene rings is 1. The molecule has 2 amide bonds. The van der Waals surface area contributed by atoms with Crippen LogP contribution in [0.4, 0.5) is 0 Å². The summed E-state index contributed by atoms with van der Waals surface area (Å²) in [6, 6.07) is 9.05. The van der Waals surface area contributed by atoms with Gasteiger partial charge in [-0.15, -0.1) is 0 Å². The number of carbonyl (C=O) groups is 2. The number of hydrogen-bond donors (Lipinski definition) is 3. The van der Waals surface area contributed by atoms with Gasteiger partial charge in [-0.1, -0.05) is 30.3 Å². The molecule has 0 aliphatic heterocycles. The van der Waals surface area contributed by atoms with Crippen molar-refractivity contribution in [1.29, 1.82) is 0 Å². The molecule has 0 fully saturated rings. The van der Waals surface area contributed by atoms with E-state index in [-0.39, 0.29) is 36.4 Å². The standard InChI is InChI=1S/C15H23N3O2/c1-15(2,3)18-14(20)10-17-13(19)9-12(16)11-7-5-4-6-8-11/h4-8,12H,9-10,16H2,1-3H3,(H,17,19)(H,18,20). The molecule has 0 bridgehead atoms. The summed E-state index contributed by atoms with van der Waals surface area (Å²) < 4.78 is 0. The van der Waals surface area contributed by atoms with E-state index in [4.69, 9.17) is 5.73 Å². The number of carbonyl (C=O) groups excluding carboxylic acids is 2. The number of nitrogens with two attached hydrogens (primary N) is 1. The van der Waals surface area contributed by atoms with Crippen LogP contribution in [0.1, 0.15) is 38.8 Å². The van der Waals surface area contributed by atoms with Crippen LogP contribution in [-0.4, -0.2) is 23.9 Å². The zero-order valence-electron chi connectivity index (χ0n) is 12.3. The Bertz CT molecular complexity index is 452. The lowest BCUT2D eigenvalue weighted by molar-refractivity contribution is -0.127. The molecular formula is C15H23N3O2. The molecule has 1 atom stereocenters. The summed E-state index contributed by atoms with van der Waals surface area (Å²) in [6.07, 6.45) is 0.160. The highest BCUT2D eigenvalue weighted by atomic mass is 16.2. The van der Waals surface area contributed by atoms with Crippen LogP contribution >= 0.6 is 0 Å². The van der Waals surface area contributed by atoms with Crippen molar-refractivity contribution < 1.29 is 9.59 Å². The summed E-state index contributed by atoms with van der Waals surface area (Å²) in [5, 5.41) is 5.35. The van der Waals surface area contributed by atoms with Crippen molar-refractivity contribution in [3.05, 3.63) is 35.9 Å². The van der Waals surface area contributed by atoms with Gasteiger partial charge in [0.2, 0.25) is 11.8 Å². The molecule has 0 aliphatic rings. The number of amides is 2. The summed E-state index contributed by atoms with van der Waals surface area (Å²) in [7, 11) is 0. The molecule has 0 aromatic heterocycles. The first kappa shape index (κ1) is 16.2. The van der Waals surface area contributed by atoms with Crippen LogP contribution in [-0.2, 0) is 9.59 Å². The molecule has 0 saturated heterocycles. The third-order valence-corrected chi connectivity index (χ3v) is 2.59. The predicted molar refractivity (Wildman–Crippen MR) is 78.9 cm³/mol. The van der Waals surface area contributed by atoms with Gasteiger partial charge in [-0.05, 0) is 26.3 Å².